The summed E-state index contributed by atoms with van der Waals surface area (Å²) in [5.74, 6) is -0.378. The molecule has 0 aliphatic carbocycles. The lowest BCUT2D eigenvalue weighted by molar-refractivity contribution is -0.379. The molecule has 0 bridgehead atoms. The van der Waals surface area contributed by atoms with Crippen LogP contribution in [-0.2, 0) is 33.2 Å². The van der Waals surface area contributed by atoms with Gasteiger partial charge in [-0.1, -0.05) is 126 Å². The SMILES string of the molecule is CC/C=C\C/C=C\C/C=C\C/C=C\C/C=C\CC(=O)NC(COC1OC(CO)C(OC2OC(CO)C(OC3OC(CO)C(O)C(O)C3O)C(O)C2O)C(O)C1O)C(O)CCCCCCCCCC. The number of aliphatic hydroxyl groups excluding tert-OH is 11. The Balaban J connectivity index is 1.58. The quantitative estimate of drug-likeness (QED) is 0.0330. The van der Waals surface area contributed by atoms with Gasteiger partial charge in [0, 0.05) is 6.42 Å². The van der Waals surface area contributed by atoms with E-state index in [1.807, 2.05) is 18.2 Å². The number of hydrogen-bond donors (Lipinski definition) is 12. The molecular formula is C49H83NO18. The van der Waals surface area contributed by atoms with E-state index in [4.69, 9.17) is 28.4 Å². The van der Waals surface area contributed by atoms with Gasteiger partial charge < -0.3 is 89.9 Å². The van der Waals surface area contributed by atoms with E-state index in [2.05, 4.69) is 55.6 Å². The number of rotatable bonds is 32. The third kappa shape index (κ3) is 19.9. The summed E-state index contributed by atoms with van der Waals surface area (Å²) >= 11 is 0. The molecular weight excluding hydrogens is 891 g/mol. The van der Waals surface area contributed by atoms with Crippen molar-refractivity contribution in [3.8, 4) is 0 Å². The predicted molar refractivity (Wildman–Crippen MR) is 249 cm³/mol. The van der Waals surface area contributed by atoms with Gasteiger partial charge in [0.2, 0.25) is 5.91 Å². The van der Waals surface area contributed by atoms with Gasteiger partial charge in [-0.2, -0.15) is 0 Å². The normalized spacial score (nSPS) is 33.7. The number of ether oxygens (including phenoxy) is 6. The number of carbonyl (C=O) groups excluding carboxylic acids is 1. The highest BCUT2D eigenvalue weighted by Gasteiger charge is 2.53. The summed E-state index contributed by atoms with van der Waals surface area (Å²) in [6, 6.07) is -0.940. The minimum atomic E-state index is -1.98. The Morgan fingerprint density at radius 1 is 0.529 bits per heavy atom. The molecule has 0 aromatic heterocycles. The molecule has 0 radical (unpaired) electrons. The molecule has 1 amide bonds. The van der Waals surface area contributed by atoms with Crippen LogP contribution in [0.5, 0.6) is 0 Å². The topological polar surface area (TPSA) is 307 Å². The zero-order valence-electron chi connectivity index (χ0n) is 39.8. The van der Waals surface area contributed by atoms with Crippen molar-refractivity contribution in [2.75, 3.05) is 26.4 Å². The van der Waals surface area contributed by atoms with Crippen LogP contribution in [0, 0.1) is 0 Å². The molecule has 19 nitrogen and oxygen atoms in total. The summed E-state index contributed by atoms with van der Waals surface area (Å²) in [5, 5.41) is 119. The van der Waals surface area contributed by atoms with Crippen LogP contribution in [0.25, 0.3) is 0 Å². The second-order valence-corrected chi connectivity index (χ2v) is 17.6. The standard InChI is InChI=1S/C49H83NO18/c1-3-5-7-9-11-13-14-15-16-17-18-19-21-23-25-27-37(55)50-32(33(54)26-24-22-20-12-10-8-6-4-2)31-63-47-43(61)40(58)45(35(29-52)65-47)68-49-44(62)41(59)46(36(30-53)66-49)67-48-42(60)39(57)38(56)34(28-51)64-48/h5,7,11,13,15-16,18-19,23,25,32-36,38-49,51-54,56-62H,3-4,6,8-10,12,14,17,20-22,24,26-31H2,1-2H3,(H,50,55)/b7-5-,13-11-,16-15-,19-18-,25-23-. The molecule has 3 fully saturated rings. The summed E-state index contributed by atoms with van der Waals surface area (Å²) < 4.78 is 34.0. The lowest BCUT2D eigenvalue weighted by atomic mass is 9.96. The van der Waals surface area contributed by atoms with Crippen molar-refractivity contribution in [3.63, 3.8) is 0 Å². The van der Waals surface area contributed by atoms with Gasteiger partial charge in [-0.05, 0) is 38.5 Å². The number of aliphatic hydroxyl groups is 11. The van der Waals surface area contributed by atoms with Gasteiger partial charge in [0.15, 0.2) is 18.9 Å². The Bertz CT molecular complexity index is 1490. The minimum Gasteiger partial charge on any atom is -0.394 e. The fourth-order valence-corrected chi connectivity index (χ4v) is 8.02. The molecule has 0 spiro atoms. The van der Waals surface area contributed by atoms with Crippen LogP contribution in [0.4, 0.5) is 0 Å². The Labute approximate surface area is 401 Å². The second-order valence-electron chi connectivity index (χ2n) is 17.6. The van der Waals surface area contributed by atoms with E-state index >= 15 is 0 Å². The van der Waals surface area contributed by atoms with Gasteiger partial charge >= 0.3 is 0 Å². The first-order valence-electron chi connectivity index (χ1n) is 24.5. The van der Waals surface area contributed by atoms with E-state index in [0.29, 0.717) is 19.3 Å². The number of amides is 1. The highest BCUT2D eigenvalue weighted by atomic mass is 16.8. The summed E-state index contributed by atoms with van der Waals surface area (Å²) in [6.07, 6.45) is 6.76. The fraction of sp³-hybridized carbons (Fsp3) is 0.776. The average molecular weight is 974 g/mol. The van der Waals surface area contributed by atoms with Gasteiger partial charge in [0.1, 0.15) is 73.2 Å². The first-order valence-corrected chi connectivity index (χ1v) is 24.5. The molecule has 19 heteroatoms. The number of hydrogen-bond acceptors (Lipinski definition) is 18. The fourth-order valence-electron chi connectivity index (χ4n) is 8.02. The molecule has 392 valence electrons. The first kappa shape index (κ1) is 59.8. The highest BCUT2D eigenvalue weighted by molar-refractivity contribution is 5.77. The molecule has 3 rings (SSSR count). The van der Waals surface area contributed by atoms with Crippen molar-refractivity contribution in [2.45, 2.75) is 214 Å². The molecule has 0 aromatic rings. The maximum Gasteiger partial charge on any atom is 0.224 e. The van der Waals surface area contributed by atoms with E-state index in [-0.39, 0.29) is 18.9 Å². The van der Waals surface area contributed by atoms with Gasteiger partial charge in [0.25, 0.3) is 0 Å². The smallest absolute Gasteiger partial charge is 0.224 e. The van der Waals surface area contributed by atoms with E-state index < -0.39 is 124 Å². The van der Waals surface area contributed by atoms with Crippen LogP contribution in [0.3, 0.4) is 0 Å². The van der Waals surface area contributed by atoms with Crippen LogP contribution < -0.4 is 5.32 Å². The lowest BCUT2D eigenvalue weighted by Gasteiger charge is -2.48. The van der Waals surface area contributed by atoms with Crippen LogP contribution >= 0.6 is 0 Å². The largest absolute Gasteiger partial charge is 0.394 e. The van der Waals surface area contributed by atoms with Crippen LogP contribution in [0.2, 0.25) is 0 Å². The third-order valence-corrected chi connectivity index (χ3v) is 12.1. The van der Waals surface area contributed by atoms with Crippen molar-refractivity contribution in [1.29, 1.82) is 0 Å². The molecule has 0 saturated carbocycles. The van der Waals surface area contributed by atoms with Crippen LogP contribution in [-0.4, -0.2) is 193 Å². The molecule has 68 heavy (non-hydrogen) atoms. The maximum absolute atomic E-state index is 13.1. The molecule has 3 heterocycles. The zero-order valence-corrected chi connectivity index (χ0v) is 39.8. The van der Waals surface area contributed by atoms with Gasteiger partial charge in [-0.15, -0.1) is 0 Å². The van der Waals surface area contributed by atoms with Crippen LogP contribution in [0.15, 0.2) is 60.8 Å². The van der Waals surface area contributed by atoms with Crippen molar-refractivity contribution in [1.82, 2.24) is 5.32 Å². The van der Waals surface area contributed by atoms with Crippen molar-refractivity contribution >= 4 is 5.91 Å². The van der Waals surface area contributed by atoms with E-state index in [1.165, 1.54) is 12.8 Å². The summed E-state index contributed by atoms with van der Waals surface area (Å²) in [6.45, 7) is 1.49. The highest BCUT2D eigenvalue weighted by Crippen LogP contribution is 2.33. The first-order chi connectivity index (χ1) is 32.8. The second kappa shape index (κ2) is 34.0. The molecule has 12 N–H and O–H groups in total. The summed E-state index contributed by atoms with van der Waals surface area (Å²) in [4.78, 5) is 13.1. The zero-order chi connectivity index (χ0) is 49.8. The molecule has 17 atom stereocenters. The molecule has 3 aliphatic heterocycles. The number of carbonyl (C=O) groups is 1. The minimum absolute atomic E-state index is 0.0307. The van der Waals surface area contributed by atoms with E-state index in [0.717, 1.165) is 57.8 Å². The molecule has 0 aromatic carbocycles. The van der Waals surface area contributed by atoms with E-state index in [9.17, 15) is 61.0 Å². The number of allylic oxidation sites excluding steroid dienone is 9. The summed E-state index contributed by atoms with van der Waals surface area (Å²) in [7, 11) is 0. The maximum atomic E-state index is 13.1. The Morgan fingerprint density at radius 2 is 0.956 bits per heavy atom. The Hall–Kier alpha value is -2.51. The molecule has 3 aliphatic rings. The number of unbranched alkanes of at least 4 members (excludes halogenated alkanes) is 7. The average Bonchev–Trinajstić information content (AvgIpc) is 3.33. The summed E-state index contributed by atoms with van der Waals surface area (Å²) in [5.41, 5.74) is 0. The molecule has 17 unspecified atom stereocenters. The van der Waals surface area contributed by atoms with Crippen molar-refractivity contribution < 1.29 is 89.4 Å². The van der Waals surface area contributed by atoms with E-state index in [1.54, 1.807) is 6.08 Å². The van der Waals surface area contributed by atoms with Crippen molar-refractivity contribution in [2.24, 2.45) is 0 Å². The van der Waals surface area contributed by atoms with Gasteiger partial charge in [0.05, 0.1) is 38.6 Å². The van der Waals surface area contributed by atoms with Crippen molar-refractivity contribution in [3.05, 3.63) is 60.8 Å². The lowest BCUT2D eigenvalue weighted by Crippen LogP contribution is -2.66. The Kier molecular flexibility index (Phi) is 29.9. The Morgan fingerprint density at radius 3 is 1.46 bits per heavy atom. The van der Waals surface area contributed by atoms with Crippen LogP contribution in [0.1, 0.15) is 110 Å². The molecule has 3 saturated heterocycles. The van der Waals surface area contributed by atoms with Gasteiger partial charge in [-0.25, -0.2) is 0 Å². The monoisotopic (exact) mass is 974 g/mol. The van der Waals surface area contributed by atoms with Gasteiger partial charge in [-0.3, -0.25) is 4.79 Å². The number of nitrogens with one attached hydrogen (secondary N) is 1. The predicted octanol–water partition coefficient (Wildman–Crippen LogP) is 0.969. The third-order valence-electron chi connectivity index (χ3n) is 12.1.